The molecule has 0 spiro atoms. The molecule has 1 atom stereocenters. The van der Waals surface area contributed by atoms with Crippen LogP contribution in [0.15, 0.2) is 33.1 Å². The highest BCUT2D eigenvalue weighted by Gasteiger charge is 2.14. The lowest BCUT2D eigenvalue weighted by Crippen LogP contribution is -2.24. The Morgan fingerprint density at radius 2 is 2.22 bits per heavy atom. The Bertz CT molecular complexity index is 795. The molecule has 0 bridgehead atoms. The SMILES string of the molecule is CC(c1ccsc1)n1c(=S)[nH]c2ccsc2c1=O. The van der Waals surface area contributed by atoms with Crippen LogP contribution >= 0.6 is 34.9 Å². The molecule has 3 nitrogen and oxygen atoms in total. The van der Waals surface area contributed by atoms with Gasteiger partial charge >= 0.3 is 0 Å². The molecule has 18 heavy (non-hydrogen) atoms. The Morgan fingerprint density at radius 1 is 1.39 bits per heavy atom. The number of hydrogen-bond acceptors (Lipinski definition) is 4. The second kappa shape index (κ2) is 4.46. The van der Waals surface area contributed by atoms with E-state index in [2.05, 4.69) is 4.98 Å². The molecule has 1 N–H and O–H groups in total. The summed E-state index contributed by atoms with van der Waals surface area (Å²) in [6.45, 7) is 1.99. The van der Waals surface area contributed by atoms with Gasteiger partial charge in [-0.1, -0.05) is 0 Å². The van der Waals surface area contributed by atoms with Crippen molar-refractivity contribution in [1.82, 2.24) is 9.55 Å². The first kappa shape index (κ1) is 11.8. The van der Waals surface area contributed by atoms with Crippen molar-refractivity contribution >= 4 is 45.1 Å². The van der Waals surface area contributed by atoms with Gasteiger partial charge in [-0.25, -0.2) is 0 Å². The quantitative estimate of drug-likeness (QED) is 0.730. The maximum atomic E-state index is 12.4. The molecule has 0 radical (unpaired) electrons. The number of nitrogens with one attached hydrogen (secondary N) is 1. The number of fused-ring (bicyclic) bond motifs is 1. The molecule has 0 aliphatic rings. The zero-order valence-corrected chi connectivity index (χ0v) is 12.0. The molecule has 3 rings (SSSR count). The number of nitrogens with zero attached hydrogens (tertiary/aromatic N) is 1. The van der Waals surface area contributed by atoms with Crippen LogP contribution in [0, 0.1) is 4.77 Å². The Hall–Kier alpha value is -1.24. The summed E-state index contributed by atoms with van der Waals surface area (Å²) >= 11 is 8.36. The van der Waals surface area contributed by atoms with Crippen LogP contribution in [0.5, 0.6) is 0 Å². The van der Waals surface area contributed by atoms with E-state index < -0.39 is 0 Å². The van der Waals surface area contributed by atoms with Crippen molar-refractivity contribution in [1.29, 1.82) is 0 Å². The molecular formula is C12H10N2OS3. The van der Waals surface area contributed by atoms with Crippen LogP contribution in [0.1, 0.15) is 18.5 Å². The standard InChI is InChI=1S/C12H10N2OS3/c1-7(8-2-4-17-6-8)14-11(15)10-9(3-5-18-10)13-12(14)16/h2-7H,1H3,(H,13,16). The second-order valence-corrected chi connectivity index (χ2v) is 6.08. The van der Waals surface area contributed by atoms with Crippen molar-refractivity contribution in [3.8, 4) is 0 Å². The van der Waals surface area contributed by atoms with E-state index in [-0.39, 0.29) is 11.6 Å². The number of H-pyrrole nitrogens is 1. The van der Waals surface area contributed by atoms with Crippen LogP contribution in [0.2, 0.25) is 0 Å². The van der Waals surface area contributed by atoms with Gasteiger partial charge in [-0.3, -0.25) is 9.36 Å². The number of aromatic nitrogens is 2. The van der Waals surface area contributed by atoms with Gasteiger partial charge in [-0.15, -0.1) is 11.3 Å². The van der Waals surface area contributed by atoms with Crippen molar-refractivity contribution in [3.63, 3.8) is 0 Å². The van der Waals surface area contributed by atoms with Gasteiger partial charge in [-0.2, -0.15) is 11.3 Å². The van der Waals surface area contributed by atoms with E-state index in [1.54, 1.807) is 15.9 Å². The topological polar surface area (TPSA) is 37.8 Å². The predicted octanol–water partition coefficient (Wildman–Crippen LogP) is 3.79. The van der Waals surface area contributed by atoms with Gasteiger partial charge in [-0.05, 0) is 53.0 Å². The highest BCUT2D eigenvalue weighted by Crippen LogP contribution is 2.21. The van der Waals surface area contributed by atoms with Gasteiger partial charge in [0.1, 0.15) is 4.70 Å². The molecule has 0 fully saturated rings. The van der Waals surface area contributed by atoms with E-state index in [1.165, 1.54) is 11.3 Å². The molecule has 3 aromatic rings. The lowest BCUT2D eigenvalue weighted by molar-refractivity contribution is 0.602. The molecule has 1 unspecified atom stereocenters. The normalized spacial score (nSPS) is 12.9. The van der Waals surface area contributed by atoms with Gasteiger partial charge in [0.2, 0.25) is 0 Å². The fraction of sp³-hybridized carbons (Fsp3) is 0.167. The van der Waals surface area contributed by atoms with E-state index in [1.807, 2.05) is 35.2 Å². The van der Waals surface area contributed by atoms with E-state index in [0.717, 1.165) is 15.8 Å². The van der Waals surface area contributed by atoms with Gasteiger partial charge in [0, 0.05) is 0 Å². The molecule has 0 saturated heterocycles. The highest BCUT2D eigenvalue weighted by molar-refractivity contribution is 7.71. The largest absolute Gasteiger partial charge is 0.331 e. The van der Waals surface area contributed by atoms with Crippen LogP contribution in [0.4, 0.5) is 0 Å². The molecule has 92 valence electrons. The fourth-order valence-corrected chi connectivity index (χ4v) is 3.85. The minimum absolute atomic E-state index is 0.0116. The van der Waals surface area contributed by atoms with Crippen LogP contribution in [0.25, 0.3) is 10.2 Å². The first-order chi connectivity index (χ1) is 8.68. The Morgan fingerprint density at radius 3 is 2.94 bits per heavy atom. The molecule has 6 heteroatoms. The second-order valence-electron chi connectivity index (χ2n) is 4.00. The molecule has 3 heterocycles. The number of rotatable bonds is 2. The average molecular weight is 294 g/mol. The van der Waals surface area contributed by atoms with Gasteiger partial charge < -0.3 is 4.98 Å². The van der Waals surface area contributed by atoms with E-state index in [9.17, 15) is 4.79 Å². The van der Waals surface area contributed by atoms with Crippen molar-refractivity contribution in [2.24, 2.45) is 0 Å². The summed E-state index contributed by atoms with van der Waals surface area (Å²) in [5, 5.41) is 5.95. The maximum Gasteiger partial charge on any atom is 0.272 e. The summed E-state index contributed by atoms with van der Waals surface area (Å²) in [5.74, 6) is 0. The third kappa shape index (κ3) is 1.77. The summed E-state index contributed by atoms with van der Waals surface area (Å²) in [6.07, 6.45) is 0. The van der Waals surface area contributed by atoms with Crippen molar-refractivity contribution in [3.05, 3.63) is 49.0 Å². The summed E-state index contributed by atoms with van der Waals surface area (Å²) in [6, 6.07) is 3.87. The number of aromatic amines is 1. The zero-order chi connectivity index (χ0) is 12.7. The van der Waals surface area contributed by atoms with E-state index in [0.29, 0.717) is 4.77 Å². The first-order valence-electron chi connectivity index (χ1n) is 5.42. The minimum Gasteiger partial charge on any atom is -0.331 e. The third-order valence-electron chi connectivity index (χ3n) is 2.95. The molecule has 0 aliphatic carbocycles. The average Bonchev–Trinajstić information content (AvgIpc) is 2.98. The summed E-state index contributed by atoms with van der Waals surface area (Å²) in [4.78, 5) is 15.6. The van der Waals surface area contributed by atoms with E-state index in [4.69, 9.17) is 12.2 Å². The Labute approximate surface area is 116 Å². The first-order valence-corrected chi connectivity index (χ1v) is 7.65. The maximum absolute atomic E-state index is 12.4. The van der Waals surface area contributed by atoms with Crippen molar-refractivity contribution in [2.75, 3.05) is 0 Å². The lowest BCUT2D eigenvalue weighted by Gasteiger charge is -2.13. The molecule has 0 aliphatic heterocycles. The third-order valence-corrected chi connectivity index (χ3v) is 4.85. The van der Waals surface area contributed by atoms with Crippen LogP contribution in [-0.2, 0) is 0 Å². The predicted molar refractivity (Wildman–Crippen MR) is 79.4 cm³/mol. The molecule has 0 aromatic carbocycles. The Kier molecular flexibility index (Phi) is 2.93. The van der Waals surface area contributed by atoms with Crippen LogP contribution < -0.4 is 5.56 Å². The monoisotopic (exact) mass is 294 g/mol. The smallest absolute Gasteiger partial charge is 0.272 e. The summed E-state index contributed by atoms with van der Waals surface area (Å²) in [5.41, 5.74) is 1.92. The van der Waals surface area contributed by atoms with E-state index >= 15 is 0 Å². The highest BCUT2D eigenvalue weighted by atomic mass is 32.1. The van der Waals surface area contributed by atoms with Crippen LogP contribution in [-0.4, -0.2) is 9.55 Å². The Balaban J connectivity index is 2.29. The van der Waals surface area contributed by atoms with Crippen molar-refractivity contribution < 1.29 is 0 Å². The number of hydrogen-bond donors (Lipinski definition) is 1. The lowest BCUT2D eigenvalue weighted by atomic mass is 10.2. The zero-order valence-electron chi connectivity index (χ0n) is 9.54. The fourth-order valence-electron chi connectivity index (χ4n) is 1.96. The van der Waals surface area contributed by atoms with Crippen LogP contribution in [0.3, 0.4) is 0 Å². The molecule has 3 aromatic heterocycles. The van der Waals surface area contributed by atoms with Gasteiger partial charge in [0.25, 0.3) is 5.56 Å². The summed E-state index contributed by atoms with van der Waals surface area (Å²) in [7, 11) is 0. The molecule has 0 saturated carbocycles. The molecule has 0 amide bonds. The summed E-state index contributed by atoms with van der Waals surface area (Å²) < 4.78 is 2.85. The minimum atomic E-state index is -0.0426. The van der Waals surface area contributed by atoms with Gasteiger partial charge in [0.15, 0.2) is 4.77 Å². The molecular weight excluding hydrogens is 284 g/mol. The number of thiophene rings is 2. The van der Waals surface area contributed by atoms with Gasteiger partial charge in [0.05, 0.1) is 11.6 Å². The van der Waals surface area contributed by atoms with Crippen molar-refractivity contribution in [2.45, 2.75) is 13.0 Å².